The largest absolute Gasteiger partial charge is 0.357 e. The summed E-state index contributed by atoms with van der Waals surface area (Å²) in [5.41, 5.74) is 1.53. The van der Waals surface area contributed by atoms with Gasteiger partial charge in [-0.05, 0) is 38.8 Å². The number of anilines is 1. The number of carbonyl (C=O) groups is 1. The molecule has 27 heavy (non-hydrogen) atoms. The van der Waals surface area contributed by atoms with Crippen LogP contribution in [0.4, 0.5) is 5.82 Å². The highest BCUT2D eigenvalue weighted by molar-refractivity contribution is 7.13. The molecule has 0 saturated carbocycles. The van der Waals surface area contributed by atoms with E-state index in [1.807, 2.05) is 16.5 Å². The highest BCUT2D eigenvalue weighted by atomic mass is 32.1. The Morgan fingerprint density at radius 3 is 2.44 bits per heavy atom. The first-order valence-electron chi connectivity index (χ1n) is 9.82. The number of carbonyl (C=O) groups excluding carboxylic acids is 1. The quantitative estimate of drug-likeness (QED) is 0.810. The van der Waals surface area contributed by atoms with Crippen LogP contribution in [0.1, 0.15) is 37.2 Å². The molecule has 2 aliphatic heterocycles. The first-order chi connectivity index (χ1) is 13.1. The van der Waals surface area contributed by atoms with E-state index in [0.717, 1.165) is 55.7 Å². The van der Waals surface area contributed by atoms with E-state index in [-0.39, 0.29) is 5.91 Å². The lowest BCUT2D eigenvalue weighted by molar-refractivity contribution is 0.0591. The molecule has 0 spiro atoms. The number of hydrogen-bond acceptors (Lipinski definition) is 6. The number of hydrogen-bond donors (Lipinski definition) is 0. The summed E-state index contributed by atoms with van der Waals surface area (Å²) >= 11 is 1.52. The highest BCUT2D eigenvalue weighted by Gasteiger charge is 2.25. The van der Waals surface area contributed by atoms with Crippen molar-refractivity contribution < 1.29 is 4.79 Å². The molecule has 0 bridgehead atoms. The second kappa shape index (κ2) is 7.94. The minimum absolute atomic E-state index is 0.0440. The summed E-state index contributed by atoms with van der Waals surface area (Å²) in [4.78, 5) is 28.6. The van der Waals surface area contributed by atoms with Gasteiger partial charge in [-0.15, -0.1) is 11.3 Å². The third-order valence-corrected chi connectivity index (χ3v) is 6.37. The monoisotopic (exact) mass is 385 g/mol. The van der Waals surface area contributed by atoms with Crippen LogP contribution in [0.5, 0.6) is 0 Å². The Labute approximate surface area is 164 Å². The third-order valence-electron chi connectivity index (χ3n) is 5.48. The molecule has 7 heteroatoms. The number of amides is 1. The summed E-state index contributed by atoms with van der Waals surface area (Å²) in [6, 6.07) is 4.66. The second-order valence-electron chi connectivity index (χ2n) is 7.56. The second-order valence-corrected chi connectivity index (χ2v) is 8.42. The standard InChI is InChI=1S/C20H27N5OS/c1-15(2)23-9-11-25(12-10-23)20(26)17-14-27-19(22-17)16-5-6-18(21-13-16)24-7-3-4-8-24/h5-6,13-15H,3-4,7-12H2,1-2H3. The Hall–Kier alpha value is -1.99. The maximum Gasteiger partial charge on any atom is 0.273 e. The van der Waals surface area contributed by atoms with Gasteiger partial charge < -0.3 is 9.80 Å². The van der Waals surface area contributed by atoms with E-state index in [4.69, 9.17) is 0 Å². The van der Waals surface area contributed by atoms with Crippen LogP contribution in [0.15, 0.2) is 23.7 Å². The minimum Gasteiger partial charge on any atom is -0.357 e. The van der Waals surface area contributed by atoms with E-state index in [1.54, 1.807) is 0 Å². The van der Waals surface area contributed by atoms with Gasteiger partial charge in [0, 0.05) is 62.5 Å². The van der Waals surface area contributed by atoms with Gasteiger partial charge in [-0.2, -0.15) is 0 Å². The summed E-state index contributed by atoms with van der Waals surface area (Å²) in [6.45, 7) is 10.00. The molecule has 1 amide bonds. The summed E-state index contributed by atoms with van der Waals surface area (Å²) in [6.07, 6.45) is 4.36. The lowest BCUT2D eigenvalue weighted by Gasteiger charge is -2.36. The SMILES string of the molecule is CC(C)N1CCN(C(=O)c2csc(-c3ccc(N4CCCC4)nc3)n2)CC1. The molecule has 2 saturated heterocycles. The van der Waals surface area contributed by atoms with Crippen LogP contribution in [-0.4, -0.2) is 71.0 Å². The molecule has 4 rings (SSSR count). The van der Waals surface area contributed by atoms with Crippen molar-refractivity contribution in [2.45, 2.75) is 32.7 Å². The van der Waals surface area contributed by atoms with Crippen LogP contribution in [0.25, 0.3) is 10.6 Å². The average molecular weight is 386 g/mol. The zero-order chi connectivity index (χ0) is 18.8. The van der Waals surface area contributed by atoms with E-state index in [9.17, 15) is 4.79 Å². The number of piperazine rings is 1. The number of aromatic nitrogens is 2. The van der Waals surface area contributed by atoms with Gasteiger partial charge in [-0.3, -0.25) is 9.69 Å². The van der Waals surface area contributed by atoms with Crippen molar-refractivity contribution in [3.05, 3.63) is 29.4 Å². The van der Waals surface area contributed by atoms with Crippen LogP contribution in [0, 0.1) is 0 Å². The predicted molar refractivity (Wildman–Crippen MR) is 109 cm³/mol. The molecule has 0 atom stereocenters. The maximum absolute atomic E-state index is 12.8. The number of thiazole rings is 1. The van der Waals surface area contributed by atoms with Crippen molar-refractivity contribution in [2.24, 2.45) is 0 Å². The zero-order valence-corrected chi connectivity index (χ0v) is 16.9. The summed E-state index contributed by atoms with van der Waals surface area (Å²) in [5, 5.41) is 2.74. The third kappa shape index (κ3) is 3.99. The molecule has 0 N–H and O–H groups in total. The molecule has 2 aromatic heterocycles. The van der Waals surface area contributed by atoms with E-state index in [2.05, 4.69) is 45.7 Å². The number of rotatable bonds is 4. The van der Waals surface area contributed by atoms with Crippen LogP contribution in [0.2, 0.25) is 0 Å². The van der Waals surface area contributed by atoms with Crippen LogP contribution >= 0.6 is 11.3 Å². The van der Waals surface area contributed by atoms with Gasteiger partial charge in [-0.25, -0.2) is 9.97 Å². The van der Waals surface area contributed by atoms with Gasteiger partial charge in [0.15, 0.2) is 0 Å². The van der Waals surface area contributed by atoms with Crippen molar-refractivity contribution in [2.75, 3.05) is 44.2 Å². The van der Waals surface area contributed by atoms with E-state index in [1.165, 1.54) is 24.2 Å². The van der Waals surface area contributed by atoms with Gasteiger partial charge in [0.2, 0.25) is 0 Å². The van der Waals surface area contributed by atoms with Crippen molar-refractivity contribution in [1.82, 2.24) is 19.8 Å². The van der Waals surface area contributed by atoms with Crippen LogP contribution in [0.3, 0.4) is 0 Å². The molecule has 0 aromatic carbocycles. The Kier molecular flexibility index (Phi) is 5.41. The summed E-state index contributed by atoms with van der Waals surface area (Å²) in [7, 11) is 0. The van der Waals surface area contributed by atoms with Crippen molar-refractivity contribution in [3.8, 4) is 10.6 Å². The Balaban J connectivity index is 1.41. The van der Waals surface area contributed by atoms with E-state index in [0.29, 0.717) is 11.7 Å². The topological polar surface area (TPSA) is 52.6 Å². The number of nitrogens with zero attached hydrogens (tertiary/aromatic N) is 5. The smallest absolute Gasteiger partial charge is 0.273 e. The molecular formula is C20H27N5OS. The average Bonchev–Trinajstić information content (AvgIpc) is 3.40. The first-order valence-corrected chi connectivity index (χ1v) is 10.7. The minimum atomic E-state index is 0.0440. The molecule has 0 radical (unpaired) electrons. The molecule has 144 valence electrons. The number of pyridine rings is 1. The summed E-state index contributed by atoms with van der Waals surface area (Å²) < 4.78 is 0. The van der Waals surface area contributed by atoms with Gasteiger partial charge in [-0.1, -0.05) is 0 Å². The Morgan fingerprint density at radius 1 is 1.07 bits per heavy atom. The van der Waals surface area contributed by atoms with Gasteiger partial charge >= 0.3 is 0 Å². The van der Waals surface area contributed by atoms with Gasteiger partial charge in [0.05, 0.1) is 0 Å². The first kappa shape index (κ1) is 18.4. The molecule has 2 aliphatic rings. The Bertz CT molecular complexity index is 774. The van der Waals surface area contributed by atoms with Crippen LogP contribution in [-0.2, 0) is 0 Å². The molecule has 0 aliphatic carbocycles. The predicted octanol–water partition coefficient (Wildman–Crippen LogP) is 2.97. The van der Waals surface area contributed by atoms with E-state index < -0.39 is 0 Å². The highest BCUT2D eigenvalue weighted by Crippen LogP contribution is 2.26. The molecule has 6 nitrogen and oxygen atoms in total. The summed E-state index contributed by atoms with van der Waals surface area (Å²) in [5.74, 6) is 1.08. The molecule has 2 aromatic rings. The van der Waals surface area contributed by atoms with Crippen molar-refractivity contribution in [3.63, 3.8) is 0 Å². The molecule has 2 fully saturated rings. The Morgan fingerprint density at radius 2 is 1.81 bits per heavy atom. The van der Waals surface area contributed by atoms with Gasteiger partial charge in [0.25, 0.3) is 5.91 Å². The lowest BCUT2D eigenvalue weighted by Crippen LogP contribution is -2.50. The van der Waals surface area contributed by atoms with Crippen LogP contribution < -0.4 is 4.90 Å². The fraction of sp³-hybridized carbons (Fsp3) is 0.550. The maximum atomic E-state index is 12.8. The van der Waals surface area contributed by atoms with Gasteiger partial charge in [0.1, 0.15) is 16.5 Å². The van der Waals surface area contributed by atoms with Crippen molar-refractivity contribution in [1.29, 1.82) is 0 Å². The fourth-order valence-electron chi connectivity index (χ4n) is 3.75. The zero-order valence-electron chi connectivity index (χ0n) is 16.1. The molecule has 0 unspecified atom stereocenters. The normalized spacial score (nSPS) is 18.5. The lowest BCUT2D eigenvalue weighted by atomic mass is 10.2. The van der Waals surface area contributed by atoms with E-state index >= 15 is 0 Å². The van der Waals surface area contributed by atoms with Crippen molar-refractivity contribution >= 4 is 23.1 Å². The molecule has 4 heterocycles. The fourth-order valence-corrected chi connectivity index (χ4v) is 4.54. The molecular weight excluding hydrogens is 358 g/mol.